The van der Waals surface area contributed by atoms with E-state index in [1.807, 2.05) is 36.4 Å². The standard InChI is InChI=1S/C17H19O/c1-3-4-13-18-17-12-8-7-11-16(17)15-10-6-5-9-14(15)2/h5-12H,2-4,13H2,1H3. The minimum atomic E-state index is 0.771. The lowest BCUT2D eigenvalue weighted by Gasteiger charge is -2.12. The molecule has 0 unspecified atom stereocenters. The molecule has 0 atom stereocenters. The van der Waals surface area contributed by atoms with Crippen LogP contribution in [0.4, 0.5) is 0 Å². The fraction of sp³-hybridized carbons (Fsp3) is 0.235. The van der Waals surface area contributed by atoms with Crippen LogP contribution in [0.5, 0.6) is 5.75 Å². The van der Waals surface area contributed by atoms with Crippen LogP contribution in [0.3, 0.4) is 0 Å². The lowest BCUT2D eigenvalue weighted by Crippen LogP contribution is -1.98. The van der Waals surface area contributed by atoms with E-state index in [1.54, 1.807) is 0 Å². The molecule has 0 saturated carbocycles. The molecule has 0 aliphatic rings. The molecule has 0 N–H and O–H groups in total. The Hall–Kier alpha value is -1.76. The van der Waals surface area contributed by atoms with Gasteiger partial charge in [-0.2, -0.15) is 0 Å². The molecule has 0 aliphatic carbocycles. The van der Waals surface area contributed by atoms with E-state index in [9.17, 15) is 0 Å². The van der Waals surface area contributed by atoms with Crippen LogP contribution in [0, 0.1) is 6.92 Å². The highest BCUT2D eigenvalue weighted by Crippen LogP contribution is 2.31. The van der Waals surface area contributed by atoms with Crippen LogP contribution in [0.1, 0.15) is 25.3 Å². The molecule has 1 heteroatoms. The predicted molar refractivity (Wildman–Crippen MR) is 76.7 cm³/mol. The topological polar surface area (TPSA) is 9.23 Å². The Labute approximate surface area is 109 Å². The van der Waals surface area contributed by atoms with Crippen LogP contribution >= 0.6 is 0 Å². The van der Waals surface area contributed by atoms with Crippen LogP contribution < -0.4 is 4.74 Å². The van der Waals surface area contributed by atoms with Gasteiger partial charge in [0.2, 0.25) is 0 Å². The molecule has 0 aliphatic heterocycles. The average Bonchev–Trinajstić information content (AvgIpc) is 2.40. The molecule has 0 fully saturated rings. The van der Waals surface area contributed by atoms with Crippen LogP contribution in [-0.2, 0) is 0 Å². The monoisotopic (exact) mass is 239 g/mol. The maximum absolute atomic E-state index is 5.86. The molecule has 18 heavy (non-hydrogen) atoms. The first-order valence-electron chi connectivity index (χ1n) is 6.46. The first kappa shape index (κ1) is 12.7. The Balaban J connectivity index is 2.30. The van der Waals surface area contributed by atoms with Gasteiger partial charge in [0.1, 0.15) is 5.75 Å². The Kier molecular flexibility index (Phi) is 4.40. The molecule has 2 aromatic rings. The number of rotatable bonds is 5. The number of hydrogen-bond acceptors (Lipinski definition) is 1. The summed E-state index contributed by atoms with van der Waals surface area (Å²) in [4.78, 5) is 0. The average molecular weight is 239 g/mol. The highest BCUT2D eigenvalue weighted by Gasteiger charge is 2.07. The molecule has 0 saturated heterocycles. The third kappa shape index (κ3) is 2.92. The molecule has 1 radical (unpaired) electrons. The fourth-order valence-corrected chi connectivity index (χ4v) is 1.92. The first-order chi connectivity index (χ1) is 8.83. The summed E-state index contributed by atoms with van der Waals surface area (Å²) in [5.41, 5.74) is 3.30. The second-order valence-corrected chi connectivity index (χ2v) is 4.36. The molecule has 0 aromatic heterocycles. The van der Waals surface area contributed by atoms with Crippen molar-refractivity contribution >= 4 is 0 Å². The quantitative estimate of drug-likeness (QED) is 0.686. The lowest BCUT2D eigenvalue weighted by atomic mass is 10.00. The second kappa shape index (κ2) is 6.25. The van der Waals surface area contributed by atoms with E-state index in [2.05, 4.69) is 26.0 Å². The fourth-order valence-electron chi connectivity index (χ4n) is 1.92. The molecule has 2 aromatic carbocycles. The number of hydrogen-bond donors (Lipinski definition) is 0. The van der Waals surface area contributed by atoms with Gasteiger partial charge < -0.3 is 4.74 Å². The zero-order chi connectivity index (χ0) is 12.8. The summed E-state index contributed by atoms with van der Waals surface area (Å²) in [5, 5.41) is 0. The molecule has 2 rings (SSSR count). The Bertz CT molecular complexity index is 502. The Morgan fingerprint density at radius 1 is 0.944 bits per heavy atom. The molecular formula is C17H19O. The van der Waals surface area contributed by atoms with Crippen molar-refractivity contribution < 1.29 is 4.74 Å². The maximum Gasteiger partial charge on any atom is 0.127 e. The van der Waals surface area contributed by atoms with E-state index in [4.69, 9.17) is 4.74 Å². The SMILES string of the molecule is [CH2]c1ccccc1-c1ccccc1OCCCC. The van der Waals surface area contributed by atoms with Crippen LogP contribution in [0.2, 0.25) is 0 Å². The molecule has 0 amide bonds. The van der Waals surface area contributed by atoms with Gasteiger partial charge >= 0.3 is 0 Å². The number of benzene rings is 2. The third-order valence-electron chi connectivity index (χ3n) is 2.95. The highest BCUT2D eigenvalue weighted by atomic mass is 16.5. The van der Waals surface area contributed by atoms with E-state index in [1.165, 1.54) is 0 Å². The molecule has 0 spiro atoms. The van der Waals surface area contributed by atoms with Gasteiger partial charge in [-0.1, -0.05) is 55.8 Å². The summed E-state index contributed by atoms with van der Waals surface area (Å²) in [6.07, 6.45) is 2.23. The predicted octanol–water partition coefficient (Wildman–Crippen LogP) is 4.71. The van der Waals surface area contributed by atoms with Crippen molar-refractivity contribution in [1.29, 1.82) is 0 Å². The van der Waals surface area contributed by atoms with E-state index in [0.717, 1.165) is 41.9 Å². The van der Waals surface area contributed by atoms with Crippen molar-refractivity contribution in [2.24, 2.45) is 0 Å². The normalized spacial score (nSPS) is 10.3. The molecule has 0 bridgehead atoms. The Morgan fingerprint density at radius 2 is 1.61 bits per heavy atom. The van der Waals surface area contributed by atoms with Gasteiger partial charge in [0.25, 0.3) is 0 Å². The summed E-state index contributed by atoms with van der Waals surface area (Å²) in [6, 6.07) is 16.3. The molecule has 93 valence electrons. The van der Waals surface area contributed by atoms with E-state index < -0.39 is 0 Å². The Morgan fingerprint density at radius 3 is 2.33 bits per heavy atom. The van der Waals surface area contributed by atoms with E-state index in [-0.39, 0.29) is 0 Å². The largest absolute Gasteiger partial charge is 0.493 e. The summed E-state index contributed by atoms with van der Waals surface area (Å²) >= 11 is 0. The van der Waals surface area contributed by atoms with Crippen molar-refractivity contribution in [3.8, 4) is 16.9 Å². The van der Waals surface area contributed by atoms with Gasteiger partial charge in [-0.3, -0.25) is 0 Å². The van der Waals surface area contributed by atoms with Crippen molar-refractivity contribution in [1.82, 2.24) is 0 Å². The summed E-state index contributed by atoms with van der Waals surface area (Å²) in [6.45, 7) is 7.02. The van der Waals surface area contributed by atoms with E-state index >= 15 is 0 Å². The zero-order valence-electron chi connectivity index (χ0n) is 10.9. The molecule has 0 heterocycles. The van der Waals surface area contributed by atoms with Crippen molar-refractivity contribution in [2.45, 2.75) is 19.8 Å². The van der Waals surface area contributed by atoms with Crippen molar-refractivity contribution in [3.05, 3.63) is 61.0 Å². The van der Waals surface area contributed by atoms with Gasteiger partial charge in [0.15, 0.2) is 0 Å². The van der Waals surface area contributed by atoms with E-state index in [0.29, 0.717) is 0 Å². The smallest absolute Gasteiger partial charge is 0.127 e. The van der Waals surface area contributed by atoms with Crippen LogP contribution in [-0.4, -0.2) is 6.61 Å². The number of para-hydroxylation sites is 1. The van der Waals surface area contributed by atoms with Crippen molar-refractivity contribution in [3.63, 3.8) is 0 Å². The number of ether oxygens (including phenoxy) is 1. The van der Waals surface area contributed by atoms with Gasteiger partial charge in [-0.25, -0.2) is 0 Å². The van der Waals surface area contributed by atoms with Gasteiger partial charge in [0, 0.05) is 5.56 Å². The van der Waals surface area contributed by atoms with Gasteiger partial charge in [0.05, 0.1) is 6.61 Å². The summed E-state index contributed by atoms with van der Waals surface area (Å²) in [7, 11) is 0. The highest BCUT2D eigenvalue weighted by molar-refractivity contribution is 5.73. The van der Waals surface area contributed by atoms with Crippen LogP contribution in [0.15, 0.2) is 48.5 Å². The minimum Gasteiger partial charge on any atom is -0.493 e. The lowest BCUT2D eigenvalue weighted by molar-refractivity contribution is 0.310. The second-order valence-electron chi connectivity index (χ2n) is 4.36. The first-order valence-corrected chi connectivity index (χ1v) is 6.46. The maximum atomic E-state index is 5.86. The van der Waals surface area contributed by atoms with Crippen molar-refractivity contribution in [2.75, 3.05) is 6.61 Å². The van der Waals surface area contributed by atoms with Gasteiger partial charge in [-0.05, 0) is 30.5 Å². The third-order valence-corrected chi connectivity index (χ3v) is 2.95. The van der Waals surface area contributed by atoms with Crippen LogP contribution in [0.25, 0.3) is 11.1 Å². The number of unbranched alkanes of at least 4 members (excludes halogenated alkanes) is 1. The molecular weight excluding hydrogens is 220 g/mol. The zero-order valence-corrected chi connectivity index (χ0v) is 10.9. The minimum absolute atomic E-state index is 0.771. The summed E-state index contributed by atoms with van der Waals surface area (Å²) in [5.74, 6) is 0.946. The molecule has 1 nitrogen and oxygen atoms in total. The van der Waals surface area contributed by atoms with Gasteiger partial charge in [-0.15, -0.1) is 0 Å². The summed E-state index contributed by atoms with van der Waals surface area (Å²) < 4.78 is 5.86.